The zero-order chi connectivity index (χ0) is 21.3. The van der Waals surface area contributed by atoms with Crippen LogP contribution in [0.25, 0.3) is 0 Å². The Kier molecular flexibility index (Phi) is 7.19. The summed E-state index contributed by atoms with van der Waals surface area (Å²) in [5, 5.41) is 4.42. The van der Waals surface area contributed by atoms with Crippen molar-refractivity contribution in [2.45, 2.75) is 6.92 Å². The summed E-state index contributed by atoms with van der Waals surface area (Å²) in [5.74, 6) is 0.00638. The summed E-state index contributed by atoms with van der Waals surface area (Å²) in [4.78, 5) is 24.4. The molecular formula is C23H19ClN2O4. The molecule has 0 radical (unpaired) electrons. The zero-order valence-corrected chi connectivity index (χ0v) is 16.9. The van der Waals surface area contributed by atoms with Crippen molar-refractivity contribution >= 4 is 29.7 Å². The maximum Gasteiger partial charge on any atom is 0.343 e. The van der Waals surface area contributed by atoms with Gasteiger partial charge in [-0.25, -0.2) is 10.2 Å². The number of hydrogen-bond acceptors (Lipinski definition) is 5. The lowest BCUT2D eigenvalue weighted by Gasteiger charge is -2.08. The Bertz CT molecular complexity index is 1060. The summed E-state index contributed by atoms with van der Waals surface area (Å²) in [5.41, 5.74) is 3.96. The van der Waals surface area contributed by atoms with E-state index in [1.165, 1.54) is 12.3 Å². The van der Waals surface area contributed by atoms with E-state index in [9.17, 15) is 9.59 Å². The highest BCUT2D eigenvalue weighted by Gasteiger charge is 2.11. The molecule has 0 unspecified atom stereocenters. The van der Waals surface area contributed by atoms with Crippen molar-refractivity contribution in [1.29, 1.82) is 0 Å². The second kappa shape index (κ2) is 10.2. The third-order valence-corrected chi connectivity index (χ3v) is 4.20. The highest BCUT2D eigenvalue weighted by molar-refractivity contribution is 6.30. The first-order valence-electron chi connectivity index (χ1n) is 9.20. The summed E-state index contributed by atoms with van der Waals surface area (Å²) < 4.78 is 10.8. The van der Waals surface area contributed by atoms with E-state index in [0.29, 0.717) is 34.3 Å². The maximum absolute atomic E-state index is 12.3. The SMILES string of the molecule is CCOc1ccccc1C(=O)N/N=C/c1ccc(OC(=O)c2cccc(Cl)c2)cc1. The van der Waals surface area contributed by atoms with Gasteiger partial charge in [0.25, 0.3) is 5.91 Å². The first kappa shape index (κ1) is 21.1. The van der Waals surface area contributed by atoms with Crippen LogP contribution >= 0.6 is 11.6 Å². The van der Waals surface area contributed by atoms with E-state index in [4.69, 9.17) is 21.1 Å². The van der Waals surface area contributed by atoms with Crippen molar-refractivity contribution in [3.8, 4) is 11.5 Å². The Balaban J connectivity index is 1.58. The maximum atomic E-state index is 12.3. The number of amides is 1. The van der Waals surface area contributed by atoms with Gasteiger partial charge in [0.2, 0.25) is 0 Å². The van der Waals surface area contributed by atoms with Gasteiger partial charge in [0.1, 0.15) is 11.5 Å². The fourth-order valence-corrected chi connectivity index (χ4v) is 2.75. The molecule has 7 heteroatoms. The molecule has 0 aliphatic carbocycles. The molecule has 3 aromatic rings. The topological polar surface area (TPSA) is 77.0 Å². The lowest BCUT2D eigenvalue weighted by atomic mass is 10.2. The average molecular weight is 423 g/mol. The van der Waals surface area contributed by atoms with Crippen LogP contribution in [0, 0.1) is 0 Å². The number of esters is 1. The summed E-state index contributed by atoms with van der Waals surface area (Å²) in [6, 6.07) is 20.2. The molecule has 30 heavy (non-hydrogen) atoms. The van der Waals surface area contributed by atoms with Crippen LogP contribution in [0.2, 0.25) is 5.02 Å². The second-order valence-corrected chi connectivity index (χ2v) is 6.53. The molecule has 1 N–H and O–H groups in total. The van der Waals surface area contributed by atoms with Gasteiger partial charge in [-0.15, -0.1) is 0 Å². The number of ether oxygens (including phenoxy) is 2. The second-order valence-electron chi connectivity index (χ2n) is 6.10. The van der Waals surface area contributed by atoms with Gasteiger partial charge in [0, 0.05) is 5.02 Å². The summed E-state index contributed by atoms with van der Waals surface area (Å²) in [6.45, 7) is 2.31. The number of carbonyl (C=O) groups excluding carboxylic acids is 2. The molecule has 0 saturated heterocycles. The van der Waals surface area contributed by atoms with Crippen LogP contribution in [0.1, 0.15) is 33.2 Å². The minimum Gasteiger partial charge on any atom is -0.493 e. The first-order chi connectivity index (χ1) is 14.6. The third kappa shape index (κ3) is 5.68. The van der Waals surface area contributed by atoms with Crippen LogP contribution in [-0.2, 0) is 0 Å². The molecule has 0 heterocycles. The Morgan fingerprint density at radius 2 is 1.80 bits per heavy atom. The Morgan fingerprint density at radius 1 is 1.03 bits per heavy atom. The average Bonchev–Trinajstić information content (AvgIpc) is 2.75. The molecule has 0 aromatic heterocycles. The number of rotatable bonds is 7. The van der Waals surface area contributed by atoms with E-state index in [-0.39, 0.29) is 5.91 Å². The van der Waals surface area contributed by atoms with Gasteiger partial charge in [-0.05, 0) is 67.1 Å². The number of hydrazone groups is 1. The molecule has 1 amide bonds. The predicted octanol–water partition coefficient (Wildman–Crippen LogP) is 4.72. The quantitative estimate of drug-likeness (QED) is 0.258. The van der Waals surface area contributed by atoms with Gasteiger partial charge in [-0.2, -0.15) is 5.10 Å². The van der Waals surface area contributed by atoms with E-state index in [2.05, 4.69) is 10.5 Å². The molecule has 0 atom stereocenters. The van der Waals surface area contributed by atoms with Crippen LogP contribution in [0.3, 0.4) is 0 Å². The van der Waals surface area contributed by atoms with Crippen LogP contribution in [-0.4, -0.2) is 24.7 Å². The number of para-hydroxylation sites is 1. The van der Waals surface area contributed by atoms with Crippen molar-refractivity contribution in [2.75, 3.05) is 6.61 Å². The largest absolute Gasteiger partial charge is 0.493 e. The van der Waals surface area contributed by atoms with Crippen LogP contribution in [0.15, 0.2) is 77.9 Å². The lowest BCUT2D eigenvalue weighted by Crippen LogP contribution is -2.18. The van der Waals surface area contributed by atoms with Crippen molar-refractivity contribution in [1.82, 2.24) is 5.43 Å². The summed E-state index contributed by atoms with van der Waals surface area (Å²) >= 11 is 5.89. The van der Waals surface area contributed by atoms with Crippen LogP contribution in [0.5, 0.6) is 11.5 Å². The van der Waals surface area contributed by atoms with Gasteiger partial charge in [-0.3, -0.25) is 4.79 Å². The fourth-order valence-electron chi connectivity index (χ4n) is 2.56. The molecule has 0 aliphatic heterocycles. The van der Waals surface area contributed by atoms with E-state index in [1.54, 1.807) is 66.7 Å². The zero-order valence-electron chi connectivity index (χ0n) is 16.2. The lowest BCUT2D eigenvalue weighted by molar-refractivity contribution is 0.0734. The van der Waals surface area contributed by atoms with E-state index < -0.39 is 5.97 Å². The standard InChI is InChI=1S/C23H19ClN2O4/c1-2-29-21-9-4-3-8-20(21)22(27)26-25-15-16-10-12-19(13-11-16)30-23(28)17-6-5-7-18(24)14-17/h3-15H,2H2,1H3,(H,26,27)/b25-15+. The molecule has 3 rings (SSSR count). The van der Waals surface area contributed by atoms with E-state index in [0.717, 1.165) is 5.56 Å². The molecule has 6 nitrogen and oxygen atoms in total. The molecule has 0 bridgehead atoms. The van der Waals surface area contributed by atoms with Crippen molar-refractivity contribution in [3.05, 3.63) is 94.5 Å². The molecule has 0 spiro atoms. The Morgan fingerprint density at radius 3 is 2.53 bits per heavy atom. The van der Waals surface area contributed by atoms with Gasteiger partial charge >= 0.3 is 5.97 Å². The molecule has 0 fully saturated rings. The van der Waals surface area contributed by atoms with Gasteiger partial charge in [-0.1, -0.05) is 29.8 Å². The molecular weight excluding hydrogens is 404 g/mol. The minimum atomic E-state index is -0.501. The highest BCUT2D eigenvalue weighted by atomic mass is 35.5. The summed E-state index contributed by atoms with van der Waals surface area (Å²) in [6.07, 6.45) is 1.49. The normalized spacial score (nSPS) is 10.6. The van der Waals surface area contributed by atoms with E-state index in [1.807, 2.05) is 6.92 Å². The molecule has 0 saturated carbocycles. The Labute approximate surface area is 179 Å². The van der Waals surface area contributed by atoms with Gasteiger partial charge in [0.05, 0.1) is 23.9 Å². The van der Waals surface area contributed by atoms with Gasteiger partial charge in [0.15, 0.2) is 0 Å². The number of halogens is 1. The first-order valence-corrected chi connectivity index (χ1v) is 9.57. The van der Waals surface area contributed by atoms with Gasteiger partial charge < -0.3 is 9.47 Å². The molecule has 3 aromatic carbocycles. The van der Waals surface area contributed by atoms with Crippen molar-refractivity contribution in [2.24, 2.45) is 5.10 Å². The minimum absolute atomic E-state index is 0.364. The van der Waals surface area contributed by atoms with E-state index >= 15 is 0 Å². The third-order valence-electron chi connectivity index (χ3n) is 3.96. The number of nitrogens with one attached hydrogen (secondary N) is 1. The number of benzene rings is 3. The number of nitrogens with zero attached hydrogens (tertiary/aromatic N) is 1. The van der Waals surface area contributed by atoms with Crippen LogP contribution < -0.4 is 14.9 Å². The predicted molar refractivity (Wildman–Crippen MR) is 116 cm³/mol. The smallest absolute Gasteiger partial charge is 0.343 e. The molecule has 152 valence electrons. The monoisotopic (exact) mass is 422 g/mol. The fraction of sp³-hybridized carbons (Fsp3) is 0.0870. The molecule has 0 aliphatic rings. The highest BCUT2D eigenvalue weighted by Crippen LogP contribution is 2.18. The van der Waals surface area contributed by atoms with Crippen molar-refractivity contribution < 1.29 is 19.1 Å². The van der Waals surface area contributed by atoms with Crippen LogP contribution in [0.4, 0.5) is 0 Å². The summed E-state index contributed by atoms with van der Waals surface area (Å²) in [7, 11) is 0. The Hall–Kier alpha value is -3.64. The number of carbonyl (C=O) groups is 2. The number of hydrogen-bond donors (Lipinski definition) is 1. The van der Waals surface area contributed by atoms with Crippen molar-refractivity contribution in [3.63, 3.8) is 0 Å².